The first-order valence-electron chi connectivity index (χ1n) is 17.0. The summed E-state index contributed by atoms with van der Waals surface area (Å²) in [6.45, 7) is 5.57. The number of carboxylic acid groups (broad SMARTS) is 1. The number of primary amides is 1. The Bertz CT molecular complexity index is 2220. The molecule has 1 fully saturated rings. The van der Waals surface area contributed by atoms with E-state index in [4.69, 9.17) is 10.8 Å². The number of aryl methyl sites for hydroxylation is 1. The molecule has 1 aliphatic rings. The van der Waals surface area contributed by atoms with Gasteiger partial charge in [-0.15, -0.1) is 10.2 Å². The average molecular weight is 734 g/mol. The molecule has 0 bridgehead atoms. The number of carbonyl (C=O) groups is 2. The molecule has 0 aliphatic carbocycles. The summed E-state index contributed by atoms with van der Waals surface area (Å²) in [7, 11) is 0. The average Bonchev–Trinajstić information content (AvgIpc) is 3.15. The molecule has 6 rings (SSSR count). The predicted octanol–water partition coefficient (Wildman–Crippen LogP) is 7.72. The fourth-order valence-electron chi connectivity index (χ4n) is 6.18. The van der Waals surface area contributed by atoms with E-state index in [2.05, 4.69) is 45.8 Å². The van der Waals surface area contributed by atoms with Gasteiger partial charge >= 0.3 is 12.0 Å². The molecule has 278 valence electrons. The number of hydrogen-bond donors (Lipinski definition) is 7. The van der Waals surface area contributed by atoms with Gasteiger partial charge in [0, 0.05) is 60.7 Å². The van der Waals surface area contributed by atoms with Crippen LogP contribution in [0.5, 0.6) is 5.75 Å². The molecule has 0 saturated carbocycles. The number of anilines is 4. The number of nitrogens with one attached hydrogen (secondary N) is 2. The van der Waals surface area contributed by atoms with Crippen LogP contribution in [0.2, 0.25) is 0 Å². The Balaban J connectivity index is 1.22. The number of carbonyl (C=O) groups excluding carboxylic acids is 1. The van der Waals surface area contributed by atoms with Crippen LogP contribution in [0.15, 0.2) is 105 Å². The third-order valence-corrected chi connectivity index (χ3v) is 8.89. The van der Waals surface area contributed by atoms with Crippen LogP contribution in [0.4, 0.5) is 50.3 Å². The summed E-state index contributed by atoms with van der Waals surface area (Å²) in [4.78, 5) is 32.0. The van der Waals surface area contributed by atoms with Gasteiger partial charge in [-0.25, -0.2) is 14.5 Å². The number of β-amino-alcohol motifs (C(OH)–C–C–N with tert-alkyl or cyclic N) is 1. The number of azo groups is 2. The third-order valence-electron chi connectivity index (χ3n) is 8.89. The number of phenols is 1. The summed E-state index contributed by atoms with van der Waals surface area (Å²) in [5.41, 5.74) is 10.8. The van der Waals surface area contributed by atoms with Gasteiger partial charge in [0.25, 0.3) is 0 Å². The van der Waals surface area contributed by atoms with Gasteiger partial charge < -0.3 is 36.6 Å². The van der Waals surface area contributed by atoms with Gasteiger partial charge in [0.2, 0.25) is 0 Å². The Morgan fingerprint density at radius 1 is 0.852 bits per heavy atom. The highest BCUT2D eigenvalue weighted by Crippen LogP contribution is 2.41. The molecule has 1 saturated heterocycles. The van der Waals surface area contributed by atoms with Gasteiger partial charge in [0.1, 0.15) is 18.0 Å². The van der Waals surface area contributed by atoms with E-state index in [0.717, 1.165) is 37.3 Å². The van der Waals surface area contributed by atoms with Crippen molar-refractivity contribution in [2.45, 2.75) is 13.5 Å². The lowest BCUT2D eigenvalue weighted by atomic mass is 10.0. The van der Waals surface area contributed by atoms with Crippen LogP contribution in [-0.2, 0) is 11.5 Å². The Labute approximate surface area is 309 Å². The molecule has 16 heteroatoms. The van der Waals surface area contributed by atoms with E-state index in [1.54, 1.807) is 49.4 Å². The van der Waals surface area contributed by atoms with E-state index in [-0.39, 0.29) is 35.9 Å². The number of aromatic carboxylic acids is 1. The summed E-state index contributed by atoms with van der Waals surface area (Å²) in [5.74, 6) is -1.10. The van der Waals surface area contributed by atoms with Crippen LogP contribution in [0.3, 0.4) is 0 Å². The maximum atomic E-state index is 11.9. The standard InChI is InChI=1S/C38H39N9O7/c1-23-18-25-4-7-28(40-27-5-2-24(3-6-27)37(50)51)20-31(25)36(49)35(23)45-43-30-8-10-32(33(21-30)41-38(39)52)44-42-29-9-11-34(26(19-29)22-54-53)47-14-12-46(13-15-47)16-17-48/h2-11,18-21,40,48-49,53H,12-17,22H2,1H3,(H,50,51)(H3,39,41,52). The highest BCUT2D eigenvalue weighted by molar-refractivity contribution is 5.96. The van der Waals surface area contributed by atoms with Crippen LogP contribution < -0.4 is 21.3 Å². The van der Waals surface area contributed by atoms with Crippen LogP contribution >= 0.6 is 0 Å². The fourth-order valence-corrected chi connectivity index (χ4v) is 6.18. The zero-order valence-electron chi connectivity index (χ0n) is 29.3. The monoisotopic (exact) mass is 733 g/mol. The summed E-state index contributed by atoms with van der Waals surface area (Å²) >= 11 is 0. The normalized spacial score (nSPS) is 13.6. The predicted molar refractivity (Wildman–Crippen MR) is 205 cm³/mol. The first-order chi connectivity index (χ1) is 26.1. The highest BCUT2D eigenvalue weighted by atomic mass is 17.1. The molecule has 5 aromatic carbocycles. The van der Waals surface area contributed by atoms with E-state index >= 15 is 0 Å². The van der Waals surface area contributed by atoms with Crippen LogP contribution in [-0.4, -0.2) is 76.8 Å². The zero-order valence-corrected chi connectivity index (χ0v) is 29.3. The molecule has 16 nitrogen and oxygen atoms in total. The van der Waals surface area contributed by atoms with Crippen LogP contribution in [0.1, 0.15) is 21.5 Å². The summed E-state index contributed by atoms with van der Waals surface area (Å²) < 4.78 is 0. The largest absolute Gasteiger partial charge is 0.505 e. The number of carboxylic acids is 1. The Kier molecular flexibility index (Phi) is 11.7. The number of hydrogen-bond acceptors (Lipinski definition) is 13. The Morgan fingerprint density at radius 3 is 2.26 bits per heavy atom. The SMILES string of the molecule is Cc1cc2ccc(Nc3ccc(C(=O)O)cc3)cc2c(O)c1N=Nc1ccc(N=Nc2ccc(N3CCN(CCO)CC3)c(COO)c2)c(NC(N)=O)c1. The van der Waals surface area contributed by atoms with Gasteiger partial charge in [0.15, 0.2) is 5.75 Å². The number of urea groups is 1. The molecular formula is C38H39N9O7. The number of rotatable bonds is 13. The lowest BCUT2D eigenvalue weighted by Gasteiger charge is -2.36. The maximum Gasteiger partial charge on any atom is 0.335 e. The highest BCUT2D eigenvalue weighted by Gasteiger charge is 2.20. The van der Waals surface area contributed by atoms with Crippen molar-refractivity contribution in [3.8, 4) is 5.75 Å². The lowest BCUT2D eigenvalue weighted by molar-refractivity contribution is -0.252. The van der Waals surface area contributed by atoms with Crippen molar-refractivity contribution in [2.24, 2.45) is 26.2 Å². The molecule has 54 heavy (non-hydrogen) atoms. The van der Waals surface area contributed by atoms with E-state index < -0.39 is 12.0 Å². The number of aliphatic hydroxyl groups excluding tert-OH is 1. The molecule has 0 spiro atoms. The number of amides is 2. The van der Waals surface area contributed by atoms with Gasteiger partial charge in [0.05, 0.1) is 29.2 Å². The Morgan fingerprint density at radius 2 is 1.56 bits per heavy atom. The van der Waals surface area contributed by atoms with E-state index in [0.29, 0.717) is 51.5 Å². The molecule has 8 N–H and O–H groups in total. The second-order valence-corrected chi connectivity index (χ2v) is 12.6. The number of aromatic hydroxyl groups is 1. The maximum absolute atomic E-state index is 11.9. The number of aliphatic hydroxyl groups is 1. The van der Waals surface area contributed by atoms with Gasteiger partial charge in [-0.1, -0.05) is 6.07 Å². The van der Waals surface area contributed by atoms with Crippen LogP contribution in [0.25, 0.3) is 10.8 Å². The van der Waals surface area contributed by atoms with E-state index in [9.17, 15) is 25.1 Å². The minimum atomic E-state index is -1.01. The van der Waals surface area contributed by atoms with Crippen molar-refractivity contribution in [1.82, 2.24) is 4.90 Å². The molecular weight excluding hydrogens is 694 g/mol. The second kappa shape index (κ2) is 16.9. The van der Waals surface area contributed by atoms with E-state index in [1.807, 2.05) is 24.3 Å². The second-order valence-electron chi connectivity index (χ2n) is 12.6. The number of phenolic OH excluding ortho intramolecular Hbond substituents is 1. The number of piperazine rings is 1. The number of nitrogens with two attached hydrogens (primary N) is 1. The molecule has 1 aliphatic heterocycles. The van der Waals surface area contributed by atoms with Crippen molar-refractivity contribution in [1.29, 1.82) is 0 Å². The van der Waals surface area contributed by atoms with Crippen molar-refractivity contribution >= 4 is 68.3 Å². The quantitative estimate of drug-likeness (QED) is 0.0354. The zero-order chi connectivity index (χ0) is 38.2. The molecule has 0 unspecified atom stereocenters. The van der Waals surface area contributed by atoms with Gasteiger partial charge in [-0.05, 0) is 96.7 Å². The molecule has 1 heterocycles. The lowest BCUT2D eigenvalue weighted by Crippen LogP contribution is -2.47. The molecule has 0 aromatic heterocycles. The third kappa shape index (κ3) is 8.94. The van der Waals surface area contributed by atoms with Crippen molar-refractivity contribution < 1.29 is 35.1 Å². The molecule has 5 aromatic rings. The fraction of sp³-hybridized carbons (Fsp3) is 0.211. The molecule has 0 atom stereocenters. The van der Waals surface area contributed by atoms with Crippen LogP contribution in [0, 0.1) is 6.92 Å². The summed E-state index contributed by atoms with van der Waals surface area (Å²) in [6, 6.07) is 23.0. The molecule has 2 amide bonds. The van der Waals surface area contributed by atoms with Crippen molar-refractivity contribution in [3.05, 3.63) is 102 Å². The van der Waals surface area contributed by atoms with Crippen molar-refractivity contribution in [2.75, 3.05) is 54.9 Å². The molecule has 0 radical (unpaired) electrons. The number of nitrogens with zero attached hydrogens (tertiary/aromatic N) is 6. The number of fused-ring (bicyclic) bond motifs is 1. The Hall–Kier alpha value is -6.46. The topological polar surface area (TPSA) is 230 Å². The summed E-state index contributed by atoms with van der Waals surface area (Å²) in [5, 5.41) is 63.4. The van der Waals surface area contributed by atoms with E-state index in [1.165, 1.54) is 18.2 Å². The van der Waals surface area contributed by atoms with Gasteiger partial charge in [-0.2, -0.15) is 10.2 Å². The minimum absolute atomic E-state index is 0.0570. The first kappa shape index (κ1) is 37.3. The first-order valence-corrected chi connectivity index (χ1v) is 17.0. The van der Waals surface area contributed by atoms with Gasteiger partial charge in [-0.3, -0.25) is 10.2 Å². The minimum Gasteiger partial charge on any atom is -0.505 e. The summed E-state index contributed by atoms with van der Waals surface area (Å²) in [6.07, 6.45) is 0. The van der Waals surface area contributed by atoms with Crippen molar-refractivity contribution in [3.63, 3.8) is 0 Å². The smallest absolute Gasteiger partial charge is 0.335 e. The number of benzene rings is 5.